The standard InChI is InChI=1S/C18H25NO2.C16H21N3/c20-18(21)17(15-9-5-2-6-10-15)19-12-11-16(13-19)14-7-3-1-4-8-14;1-13-12-16(14-6-4-3-5-7-14)17-19(13)15-8-10-18(2)11-9-15/h1,3-4,7-8,15-17H,2,5-6,9-13H2,(H,20,21);3-7,12,15H,8-11H2,1-2H3/t16?,17-;/m1./s1. The summed E-state index contributed by atoms with van der Waals surface area (Å²) >= 11 is 0. The smallest absolute Gasteiger partial charge is 0.321 e. The first-order valence-electron chi connectivity index (χ1n) is 15.3. The third kappa shape index (κ3) is 7.02. The molecule has 40 heavy (non-hydrogen) atoms. The van der Waals surface area contributed by atoms with Crippen molar-refractivity contribution in [2.45, 2.75) is 76.3 Å². The first-order chi connectivity index (χ1) is 19.5. The van der Waals surface area contributed by atoms with Gasteiger partial charge in [-0.2, -0.15) is 5.10 Å². The lowest BCUT2D eigenvalue weighted by atomic mass is 9.83. The number of rotatable bonds is 6. The number of likely N-dealkylation sites (tertiary alicyclic amines) is 2. The molecule has 2 atom stereocenters. The van der Waals surface area contributed by atoms with Crippen LogP contribution >= 0.6 is 0 Å². The van der Waals surface area contributed by atoms with Crippen molar-refractivity contribution in [1.82, 2.24) is 19.6 Å². The van der Waals surface area contributed by atoms with Crippen molar-refractivity contribution in [3.8, 4) is 11.3 Å². The fourth-order valence-corrected chi connectivity index (χ4v) is 6.99. The summed E-state index contributed by atoms with van der Waals surface area (Å²) < 4.78 is 2.23. The van der Waals surface area contributed by atoms with Crippen LogP contribution in [0.1, 0.15) is 74.6 Å². The van der Waals surface area contributed by atoms with E-state index in [-0.39, 0.29) is 6.04 Å². The third-order valence-electron chi connectivity index (χ3n) is 9.26. The summed E-state index contributed by atoms with van der Waals surface area (Å²) in [4.78, 5) is 16.4. The zero-order chi connectivity index (χ0) is 27.9. The molecule has 6 nitrogen and oxygen atoms in total. The van der Waals surface area contributed by atoms with Crippen LogP contribution in [0.15, 0.2) is 66.7 Å². The lowest BCUT2D eigenvalue weighted by molar-refractivity contribution is -0.145. The number of benzene rings is 2. The number of piperidine rings is 1. The largest absolute Gasteiger partial charge is 0.480 e. The van der Waals surface area contributed by atoms with E-state index in [0.29, 0.717) is 17.9 Å². The Balaban J connectivity index is 0.000000162. The highest BCUT2D eigenvalue weighted by Crippen LogP contribution is 2.34. The van der Waals surface area contributed by atoms with E-state index in [9.17, 15) is 9.90 Å². The quantitative estimate of drug-likeness (QED) is 0.379. The molecule has 0 amide bonds. The number of aliphatic carboxylic acids is 1. The molecule has 1 unspecified atom stereocenters. The highest BCUT2D eigenvalue weighted by molar-refractivity contribution is 5.74. The summed E-state index contributed by atoms with van der Waals surface area (Å²) in [5.41, 5.74) is 4.93. The molecule has 3 aromatic rings. The van der Waals surface area contributed by atoms with Crippen LogP contribution in [0.3, 0.4) is 0 Å². The number of nitrogens with zero attached hydrogens (tertiary/aromatic N) is 4. The van der Waals surface area contributed by atoms with Crippen LogP contribution in [0.5, 0.6) is 0 Å². The molecular formula is C34H46N4O2. The Morgan fingerprint density at radius 2 is 1.52 bits per heavy atom. The Hall–Kier alpha value is -2.96. The van der Waals surface area contributed by atoms with E-state index in [4.69, 9.17) is 5.10 Å². The van der Waals surface area contributed by atoms with Gasteiger partial charge in [-0.05, 0) is 89.2 Å². The fraction of sp³-hybridized carbons (Fsp3) is 0.529. The van der Waals surface area contributed by atoms with Crippen LogP contribution in [0.2, 0.25) is 0 Å². The molecule has 2 aromatic carbocycles. The van der Waals surface area contributed by atoms with Crippen molar-refractivity contribution >= 4 is 5.97 Å². The first kappa shape index (κ1) is 28.6. The highest BCUT2D eigenvalue weighted by Gasteiger charge is 2.38. The van der Waals surface area contributed by atoms with Crippen molar-refractivity contribution in [3.63, 3.8) is 0 Å². The molecule has 6 heteroatoms. The predicted molar refractivity (Wildman–Crippen MR) is 162 cm³/mol. The number of aromatic nitrogens is 2. The van der Waals surface area contributed by atoms with Crippen LogP contribution in [0.4, 0.5) is 0 Å². The number of aryl methyl sites for hydroxylation is 1. The molecule has 2 aliphatic heterocycles. The fourth-order valence-electron chi connectivity index (χ4n) is 6.99. The van der Waals surface area contributed by atoms with Crippen molar-refractivity contribution < 1.29 is 9.90 Å². The maximum Gasteiger partial charge on any atom is 0.321 e. The minimum atomic E-state index is -0.615. The summed E-state index contributed by atoms with van der Waals surface area (Å²) in [7, 11) is 2.20. The van der Waals surface area contributed by atoms with Crippen molar-refractivity contribution in [2.24, 2.45) is 5.92 Å². The second-order valence-corrected chi connectivity index (χ2v) is 12.1. The summed E-state index contributed by atoms with van der Waals surface area (Å²) in [5, 5.41) is 14.5. The molecule has 1 N–H and O–H groups in total. The van der Waals surface area contributed by atoms with Gasteiger partial charge in [0.05, 0.1) is 11.7 Å². The first-order valence-corrected chi connectivity index (χ1v) is 15.3. The normalized spacial score (nSPS) is 22.0. The van der Waals surface area contributed by atoms with E-state index in [1.165, 1.54) is 62.0 Å². The van der Waals surface area contributed by atoms with Gasteiger partial charge in [0.1, 0.15) is 6.04 Å². The van der Waals surface area contributed by atoms with Crippen LogP contribution in [0, 0.1) is 12.8 Å². The Kier molecular flexibility index (Phi) is 9.71. The molecule has 6 rings (SSSR count). The number of hydrogen-bond acceptors (Lipinski definition) is 4. The van der Waals surface area contributed by atoms with Crippen molar-refractivity contribution in [2.75, 3.05) is 33.2 Å². The van der Waals surface area contributed by atoms with Crippen LogP contribution in [0.25, 0.3) is 11.3 Å². The van der Waals surface area contributed by atoms with Gasteiger partial charge >= 0.3 is 5.97 Å². The van der Waals surface area contributed by atoms with Crippen LogP contribution < -0.4 is 0 Å². The highest BCUT2D eigenvalue weighted by atomic mass is 16.4. The summed E-state index contributed by atoms with van der Waals surface area (Å²) in [5.74, 6) is 0.234. The zero-order valence-electron chi connectivity index (χ0n) is 24.3. The number of carboxylic acids is 1. The van der Waals surface area contributed by atoms with Gasteiger partial charge in [-0.25, -0.2) is 0 Å². The molecule has 3 fully saturated rings. The second kappa shape index (κ2) is 13.6. The molecule has 1 aromatic heterocycles. The van der Waals surface area contributed by atoms with Crippen LogP contribution in [-0.4, -0.2) is 69.9 Å². The van der Waals surface area contributed by atoms with Gasteiger partial charge in [-0.3, -0.25) is 14.4 Å². The SMILES string of the molecule is Cc1cc(-c2ccccc2)nn1C1CCN(C)CC1.O=C(O)[C@@H](C1CCCCC1)N1CCC(c2ccccc2)C1. The predicted octanol–water partition coefficient (Wildman–Crippen LogP) is 6.63. The van der Waals surface area contributed by atoms with Crippen molar-refractivity contribution in [1.29, 1.82) is 0 Å². The van der Waals surface area contributed by atoms with Gasteiger partial charge in [0.2, 0.25) is 0 Å². The lowest BCUT2D eigenvalue weighted by Gasteiger charge is -2.33. The Labute approximate surface area is 240 Å². The molecule has 3 heterocycles. The molecular weight excluding hydrogens is 496 g/mol. The molecule has 1 aliphatic carbocycles. The molecule has 0 radical (unpaired) electrons. The third-order valence-corrected chi connectivity index (χ3v) is 9.26. The zero-order valence-corrected chi connectivity index (χ0v) is 24.3. The van der Waals surface area contributed by atoms with Crippen LogP contribution in [-0.2, 0) is 4.79 Å². The van der Waals surface area contributed by atoms with Gasteiger partial charge < -0.3 is 10.0 Å². The van der Waals surface area contributed by atoms with Crippen molar-refractivity contribution in [3.05, 3.63) is 78.0 Å². The molecule has 1 saturated carbocycles. The molecule has 0 bridgehead atoms. The molecule has 214 valence electrons. The Bertz CT molecular complexity index is 1200. The van der Waals surface area contributed by atoms with E-state index in [1.54, 1.807) is 0 Å². The number of hydrogen-bond donors (Lipinski definition) is 1. The summed E-state index contributed by atoms with van der Waals surface area (Å²) in [6.07, 6.45) is 9.33. The summed E-state index contributed by atoms with van der Waals surface area (Å²) in [6.45, 7) is 6.33. The van der Waals surface area contributed by atoms with E-state index in [0.717, 1.165) is 38.0 Å². The second-order valence-electron chi connectivity index (χ2n) is 12.1. The Morgan fingerprint density at radius 3 is 2.17 bits per heavy atom. The van der Waals surface area contributed by atoms with E-state index < -0.39 is 5.97 Å². The summed E-state index contributed by atoms with van der Waals surface area (Å²) in [6, 6.07) is 23.5. The Morgan fingerprint density at radius 1 is 0.875 bits per heavy atom. The number of carboxylic acid groups (broad SMARTS) is 1. The van der Waals surface area contributed by atoms with E-state index in [2.05, 4.69) is 83.1 Å². The minimum Gasteiger partial charge on any atom is -0.480 e. The molecule has 2 saturated heterocycles. The number of carbonyl (C=O) groups is 1. The maximum atomic E-state index is 11.8. The molecule has 0 spiro atoms. The van der Waals surface area contributed by atoms with E-state index in [1.807, 2.05) is 12.1 Å². The average molecular weight is 543 g/mol. The topological polar surface area (TPSA) is 61.6 Å². The van der Waals surface area contributed by atoms with Gasteiger partial charge in [-0.1, -0.05) is 79.9 Å². The van der Waals surface area contributed by atoms with E-state index >= 15 is 0 Å². The maximum absolute atomic E-state index is 11.8. The minimum absolute atomic E-state index is 0.265. The lowest BCUT2D eigenvalue weighted by Crippen LogP contribution is -2.45. The van der Waals surface area contributed by atoms with Gasteiger partial charge in [0.25, 0.3) is 0 Å². The average Bonchev–Trinajstić information content (AvgIpc) is 3.63. The van der Waals surface area contributed by atoms with Gasteiger partial charge in [0.15, 0.2) is 0 Å². The monoisotopic (exact) mass is 542 g/mol. The molecule has 3 aliphatic rings. The van der Waals surface area contributed by atoms with Gasteiger partial charge in [0, 0.05) is 17.8 Å². The van der Waals surface area contributed by atoms with Gasteiger partial charge in [-0.15, -0.1) is 0 Å².